The fourth-order valence-corrected chi connectivity index (χ4v) is 7.30. The van der Waals surface area contributed by atoms with E-state index in [2.05, 4.69) is 58.8 Å². The van der Waals surface area contributed by atoms with Crippen LogP contribution in [0.5, 0.6) is 0 Å². The number of ether oxygens (including phenoxy) is 1. The fourth-order valence-electron chi connectivity index (χ4n) is 7.30. The van der Waals surface area contributed by atoms with Crippen molar-refractivity contribution in [3.8, 4) is 0 Å². The monoisotopic (exact) mass is 724 g/mol. The van der Waals surface area contributed by atoms with E-state index in [1.165, 1.54) is 23.8 Å². The maximum atomic E-state index is 12.7. The second-order valence-electron chi connectivity index (χ2n) is 14.9. The van der Waals surface area contributed by atoms with E-state index < -0.39 is 11.2 Å². The van der Waals surface area contributed by atoms with Gasteiger partial charge in [-0.2, -0.15) is 0 Å². The largest absolute Gasteiger partial charge is 0.447 e. The Bertz CT molecular complexity index is 1990. The molecular weight excluding hydrogens is 677 g/mol. The first-order valence-electron chi connectivity index (χ1n) is 18.8. The Morgan fingerprint density at radius 1 is 0.759 bits per heavy atom. The highest BCUT2D eigenvalue weighted by Crippen LogP contribution is 2.39. The molecule has 2 fully saturated rings. The minimum atomic E-state index is -1.47. The number of hydrogen-bond donors (Lipinski definition) is 2. The molecule has 1 amide bonds. The van der Waals surface area contributed by atoms with Crippen molar-refractivity contribution in [1.29, 1.82) is 0 Å². The average molecular weight is 725 g/mol. The molecule has 2 saturated heterocycles. The normalized spacial score (nSPS) is 17.3. The van der Waals surface area contributed by atoms with Gasteiger partial charge in [-0.25, -0.2) is 14.8 Å². The van der Waals surface area contributed by atoms with E-state index in [0.29, 0.717) is 29.3 Å². The SMILES string of the molecule is CC(C)(C)OC(=O)N1CCC[C@H]1c1nc(C(O)(c2ccccc2)c2ccccc2)co1.c1ccc(C(c2ccccc2)c2coc([C@@H]3CCCN3)n2)cc1. The van der Waals surface area contributed by atoms with Gasteiger partial charge >= 0.3 is 6.09 Å². The minimum absolute atomic E-state index is 0.108. The summed E-state index contributed by atoms with van der Waals surface area (Å²) in [7, 11) is 0. The number of benzene rings is 4. The van der Waals surface area contributed by atoms with Gasteiger partial charge < -0.3 is 24.0 Å². The number of aliphatic hydroxyl groups is 1. The molecule has 2 aromatic heterocycles. The number of nitrogens with zero attached hydrogens (tertiary/aromatic N) is 3. The first kappa shape index (κ1) is 36.8. The number of carbonyl (C=O) groups is 1. The molecule has 0 unspecified atom stereocenters. The van der Waals surface area contributed by atoms with Gasteiger partial charge in [0.25, 0.3) is 0 Å². The van der Waals surface area contributed by atoms with Gasteiger partial charge in [0.05, 0.1) is 17.7 Å². The lowest BCUT2D eigenvalue weighted by Crippen LogP contribution is -2.36. The van der Waals surface area contributed by atoms with Gasteiger partial charge in [0.2, 0.25) is 11.8 Å². The summed E-state index contributed by atoms with van der Waals surface area (Å²) in [6.07, 6.45) is 6.78. The summed E-state index contributed by atoms with van der Waals surface area (Å²) < 4.78 is 17.2. The Labute approximate surface area is 317 Å². The van der Waals surface area contributed by atoms with E-state index in [1.807, 2.05) is 99.8 Å². The van der Waals surface area contributed by atoms with Crippen LogP contribution in [-0.2, 0) is 10.3 Å². The second-order valence-corrected chi connectivity index (χ2v) is 14.9. The molecule has 9 heteroatoms. The summed E-state index contributed by atoms with van der Waals surface area (Å²) in [5.74, 6) is 1.33. The van der Waals surface area contributed by atoms with Gasteiger partial charge in [-0.1, -0.05) is 121 Å². The zero-order chi connectivity index (χ0) is 37.5. The zero-order valence-electron chi connectivity index (χ0n) is 31.1. The lowest BCUT2D eigenvalue weighted by atomic mass is 9.84. The molecule has 8 rings (SSSR count). The molecule has 0 bridgehead atoms. The maximum absolute atomic E-state index is 12.7. The van der Waals surface area contributed by atoms with E-state index in [-0.39, 0.29) is 24.1 Å². The number of aromatic nitrogens is 2. The molecule has 54 heavy (non-hydrogen) atoms. The lowest BCUT2D eigenvalue weighted by molar-refractivity contribution is 0.0204. The van der Waals surface area contributed by atoms with Crippen LogP contribution in [0.3, 0.4) is 0 Å². The highest BCUT2D eigenvalue weighted by Gasteiger charge is 2.40. The van der Waals surface area contributed by atoms with Gasteiger partial charge in [-0.05, 0) is 75.3 Å². The molecule has 2 atom stereocenters. The molecule has 278 valence electrons. The molecule has 2 aliphatic heterocycles. The molecule has 0 saturated carbocycles. The topological polar surface area (TPSA) is 114 Å². The minimum Gasteiger partial charge on any atom is -0.447 e. The van der Waals surface area contributed by atoms with Gasteiger partial charge in [0, 0.05) is 6.54 Å². The summed E-state index contributed by atoms with van der Waals surface area (Å²) in [5.41, 5.74) is 3.16. The number of likely N-dealkylation sites (tertiary alicyclic amines) is 1. The molecule has 2 aliphatic rings. The van der Waals surface area contributed by atoms with Crippen molar-refractivity contribution in [3.05, 3.63) is 179 Å². The maximum Gasteiger partial charge on any atom is 0.410 e. The van der Waals surface area contributed by atoms with Gasteiger partial charge in [-0.15, -0.1) is 0 Å². The highest BCUT2D eigenvalue weighted by atomic mass is 16.6. The van der Waals surface area contributed by atoms with Crippen molar-refractivity contribution in [2.24, 2.45) is 0 Å². The Balaban J connectivity index is 0.000000174. The third-order valence-corrected chi connectivity index (χ3v) is 9.90. The van der Waals surface area contributed by atoms with Crippen molar-refractivity contribution in [2.75, 3.05) is 13.1 Å². The summed E-state index contributed by atoms with van der Waals surface area (Å²) >= 11 is 0. The van der Waals surface area contributed by atoms with E-state index >= 15 is 0 Å². The van der Waals surface area contributed by atoms with Crippen LogP contribution >= 0.6 is 0 Å². The molecule has 0 aliphatic carbocycles. The van der Waals surface area contributed by atoms with E-state index in [9.17, 15) is 9.90 Å². The lowest BCUT2D eigenvalue weighted by Gasteiger charge is -2.28. The Morgan fingerprint density at radius 2 is 1.31 bits per heavy atom. The van der Waals surface area contributed by atoms with Crippen molar-refractivity contribution >= 4 is 6.09 Å². The Hall–Kier alpha value is -5.51. The third kappa shape index (κ3) is 8.17. The van der Waals surface area contributed by atoms with Crippen LogP contribution in [0.15, 0.2) is 143 Å². The van der Waals surface area contributed by atoms with Crippen LogP contribution in [-0.4, -0.2) is 44.8 Å². The standard InChI is InChI=1S/C25H28N2O4.C20H20N2O/c1-24(2,3)31-23(28)27-16-10-15-20(27)22-26-21(17-30-22)25(29,18-11-6-4-7-12-18)19-13-8-5-9-14-19;1-3-8-15(9-4-1)19(16-10-5-2-6-11-16)18-14-23-20(22-18)17-12-7-13-21-17/h4-9,11-14,17,20,29H,10,15-16H2,1-3H3;1-6,8-11,14,17,19,21H,7,12-13H2/t20-;17-/m00/s1. The molecular formula is C45H48N4O5. The Morgan fingerprint density at radius 3 is 1.85 bits per heavy atom. The molecule has 4 heterocycles. The van der Waals surface area contributed by atoms with Gasteiger partial charge in [-0.3, -0.25) is 4.90 Å². The molecule has 9 nitrogen and oxygen atoms in total. The van der Waals surface area contributed by atoms with Crippen LogP contribution in [0, 0.1) is 0 Å². The van der Waals surface area contributed by atoms with Gasteiger partial charge in [0.15, 0.2) is 5.60 Å². The number of nitrogens with one attached hydrogen (secondary N) is 1. The van der Waals surface area contributed by atoms with Crippen molar-refractivity contribution in [1.82, 2.24) is 20.2 Å². The smallest absolute Gasteiger partial charge is 0.410 e. The molecule has 0 spiro atoms. The van der Waals surface area contributed by atoms with Crippen LogP contribution < -0.4 is 5.32 Å². The molecule has 0 radical (unpaired) electrons. The first-order valence-corrected chi connectivity index (χ1v) is 18.8. The van der Waals surface area contributed by atoms with Gasteiger partial charge in [0.1, 0.15) is 29.9 Å². The fraction of sp³-hybridized carbons (Fsp3) is 0.311. The van der Waals surface area contributed by atoms with E-state index in [0.717, 1.165) is 37.4 Å². The quantitative estimate of drug-likeness (QED) is 0.160. The summed E-state index contributed by atoms with van der Waals surface area (Å²) in [6, 6.07) is 39.7. The average Bonchev–Trinajstić information content (AvgIpc) is 4.04. The predicted octanol–water partition coefficient (Wildman–Crippen LogP) is 9.31. The van der Waals surface area contributed by atoms with Crippen LogP contribution in [0.4, 0.5) is 4.79 Å². The number of carbonyl (C=O) groups excluding carboxylic acids is 1. The van der Waals surface area contributed by atoms with Crippen LogP contribution in [0.1, 0.15) is 110 Å². The van der Waals surface area contributed by atoms with E-state index in [4.69, 9.17) is 18.6 Å². The van der Waals surface area contributed by atoms with Crippen molar-refractivity contribution < 1.29 is 23.5 Å². The molecule has 6 aromatic rings. The summed E-state index contributed by atoms with van der Waals surface area (Å²) in [5, 5.41) is 15.3. The summed E-state index contributed by atoms with van der Waals surface area (Å²) in [6.45, 7) is 7.17. The van der Waals surface area contributed by atoms with Crippen molar-refractivity contribution in [2.45, 2.75) is 75.7 Å². The zero-order valence-corrected chi connectivity index (χ0v) is 31.1. The number of oxazole rings is 2. The summed E-state index contributed by atoms with van der Waals surface area (Å²) in [4.78, 5) is 23.8. The van der Waals surface area contributed by atoms with E-state index in [1.54, 1.807) is 4.90 Å². The highest BCUT2D eigenvalue weighted by molar-refractivity contribution is 5.69. The van der Waals surface area contributed by atoms with Crippen LogP contribution in [0.25, 0.3) is 0 Å². The number of amides is 1. The van der Waals surface area contributed by atoms with Crippen molar-refractivity contribution in [3.63, 3.8) is 0 Å². The second kappa shape index (κ2) is 16.2. The predicted molar refractivity (Wildman–Crippen MR) is 207 cm³/mol. The molecule has 4 aromatic carbocycles. The number of hydrogen-bond acceptors (Lipinski definition) is 8. The third-order valence-electron chi connectivity index (χ3n) is 9.90. The Kier molecular flexibility index (Phi) is 11.1. The molecule has 2 N–H and O–H groups in total. The van der Waals surface area contributed by atoms with Crippen LogP contribution in [0.2, 0.25) is 0 Å². The first-order chi connectivity index (χ1) is 26.2. The number of rotatable bonds is 8.